The van der Waals surface area contributed by atoms with Gasteiger partial charge in [0.25, 0.3) is 0 Å². The summed E-state index contributed by atoms with van der Waals surface area (Å²) in [5.74, 6) is 0.902. The number of hydrogen-bond acceptors (Lipinski definition) is 5. The number of alkyl halides is 1. The molecule has 2 atom stereocenters. The third kappa shape index (κ3) is 1.97. The van der Waals surface area contributed by atoms with Gasteiger partial charge in [-0.2, -0.15) is 0 Å². The van der Waals surface area contributed by atoms with Gasteiger partial charge in [-0.15, -0.1) is 0 Å². The van der Waals surface area contributed by atoms with E-state index < -0.39 is 0 Å². The van der Waals surface area contributed by atoms with E-state index in [1.165, 1.54) is 0 Å². The molecular formula is C11H14BrN5O. The highest BCUT2D eigenvalue weighted by Crippen LogP contribution is 2.25. The Morgan fingerprint density at radius 2 is 2.39 bits per heavy atom. The van der Waals surface area contributed by atoms with Gasteiger partial charge in [0.15, 0.2) is 11.5 Å². The Labute approximate surface area is 113 Å². The predicted molar refractivity (Wildman–Crippen MR) is 72.0 cm³/mol. The number of nitrogens with one attached hydrogen (secondary N) is 1. The summed E-state index contributed by atoms with van der Waals surface area (Å²) in [5.41, 5.74) is 1.59. The number of hydrogen-bond donors (Lipinski definition) is 1. The Balaban J connectivity index is 1.99. The molecule has 1 aliphatic heterocycles. The summed E-state index contributed by atoms with van der Waals surface area (Å²) in [6.07, 6.45) is 3.40. The summed E-state index contributed by atoms with van der Waals surface area (Å²) in [7, 11) is 0. The van der Waals surface area contributed by atoms with Crippen molar-refractivity contribution in [2.24, 2.45) is 0 Å². The summed E-state index contributed by atoms with van der Waals surface area (Å²) in [4.78, 5) is 18.1. The van der Waals surface area contributed by atoms with Crippen LogP contribution in [-0.4, -0.2) is 50.6 Å². The van der Waals surface area contributed by atoms with Gasteiger partial charge in [-0.3, -0.25) is 0 Å². The maximum absolute atomic E-state index is 5.73. The first-order chi connectivity index (χ1) is 8.79. The van der Waals surface area contributed by atoms with Crippen LogP contribution in [0.5, 0.6) is 0 Å². The van der Waals surface area contributed by atoms with Gasteiger partial charge in [0.2, 0.25) is 0 Å². The van der Waals surface area contributed by atoms with E-state index in [0.29, 0.717) is 18.3 Å². The van der Waals surface area contributed by atoms with Crippen LogP contribution in [-0.2, 0) is 4.74 Å². The van der Waals surface area contributed by atoms with E-state index in [1.807, 2.05) is 0 Å². The minimum atomic E-state index is 0.189. The molecule has 18 heavy (non-hydrogen) atoms. The molecular weight excluding hydrogens is 298 g/mol. The maximum atomic E-state index is 5.73. The monoisotopic (exact) mass is 311 g/mol. The number of aromatic amines is 1. The Hall–Kier alpha value is -1.21. The van der Waals surface area contributed by atoms with Gasteiger partial charge in [0.1, 0.15) is 11.8 Å². The van der Waals surface area contributed by atoms with Gasteiger partial charge >= 0.3 is 0 Å². The second kappa shape index (κ2) is 4.81. The van der Waals surface area contributed by atoms with Crippen molar-refractivity contribution in [1.82, 2.24) is 19.9 Å². The molecule has 2 unspecified atom stereocenters. The Morgan fingerprint density at radius 3 is 3.22 bits per heavy atom. The average Bonchev–Trinajstić information content (AvgIpc) is 2.87. The number of anilines is 1. The fraction of sp³-hybridized carbons (Fsp3) is 0.545. The van der Waals surface area contributed by atoms with Crippen LogP contribution in [0, 0.1) is 0 Å². The highest BCUT2D eigenvalue weighted by Gasteiger charge is 2.28. The summed E-state index contributed by atoms with van der Waals surface area (Å²) in [6, 6.07) is 0.293. The largest absolute Gasteiger partial charge is 0.373 e. The van der Waals surface area contributed by atoms with Crippen LogP contribution in [0.25, 0.3) is 11.2 Å². The van der Waals surface area contributed by atoms with Crippen molar-refractivity contribution in [2.45, 2.75) is 19.1 Å². The maximum Gasteiger partial charge on any atom is 0.182 e. The zero-order chi connectivity index (χ0) is 12.5. The highest BCUT2D eigenvalue weighted by molar-refractivity contribution is 9.09. The first kappa shape index (κ1) is 11.9. The lowest BCUT2D eigenvalue weighted by Crippen LogP contribution is -2.49. The van der Waals surface area contributed by atoms with Crippen LogP contribution in [0.4, 0.5) is 5.82 Å². The first-order valence-corrected chi connectivity index (χ1v) is 7.00. The number of H-pyrrole nitrogens is 1. The normalized spacial score (nSPS) is 24.7. The topological polar surface area (TPSA) is 66.9 Å². The molecule has 1 saturated heterocycles. The van der Waals surface area contributed by atoms with Crippen LogP contribution in [0.15, 0.2) is 12.7 Å². The second-order valence-corrected chi connectivity index (χ2v) is 5.06. The number of nitrogens with zero attached hydrogens (tertiary/aromatic N) is 4. The lowest BCUT2D eigenvalue weighted by molar-refractivity contribution is 0.0377. The van der Waals surface area contributed by atoms with Crippen LogP contribution in [0.1, 0.15) is 6.92 Å². The van der Waals surface area contributed by atoms with Crippen molar-refractivity contribution in [3.63, 3.8) is 0 Å². The molecule has 7 heteroatoms. The lowest BCUT2D eigenvalue weighted by Gasteiger charge is -2.38. The fourth-order valence-electron chi connectivity index (χ4n) is 2.18. The van der Waals surface area contributed by atoms with Crippen molar-refractivity contribution in [1.29, 1.82) is 0 Å². The number of imidazole rings is 1. The molecule has 2 aromatic rings. The summed E-state index contributed by atoms with van der Waals surface area (Å²) in [5, 5.41) is 0.827. The van der Waals surface area contributed by atoms with E-state index in [2.05, 4.69) is 47.7 Å². The predicted octanol–water partition coefficient (Wildman–Crippen LogP) is 1.34. The number of fused-ring (bicyclic) bond motifs is 1. The molecule has 0 aliphatic carbocycles. The van der Waals surface area contributed by atoms with Gasteiger partial charge in [-0.25, -0.2) is 15.0 Å². The number of rotatable bonds is 2. The quantitative estimate of drug-likeness (QED) is 0.848. The van der Waals surface area contributed by atoms with E-state index in [4.69, 9.17) is 4.74 Å². The molecule has 96 valence electrons. The SMILES string of the molecule is CC1COC(CBr)CN1c1ncnc2nc[nH]c12. The third-order valence-electron chi connectivity index (χ3n) is 3.15. The molecule has 2 aromatic heterocycles. The van der Waals surface area contributed by atoms with Crippen molar-refractivity contribution < 1.29 is 4.74 Å². The summed E-state index contributed by atoms with van der Waals surface area (Å²) in [6.45, 7) is 3.65. The molecule has 3 heterocycles. The minimum Gasteiger partial charge on any atom is -0.373 e. The number of halogens is 1. The van der Waals surface area contributed by atoms with Crippen molar-refractivity contribution >= 4 is 32.9 Å². The van der Waals surface area contributed by atoms with Gasteiger partial charge in [-0.05, 0) is 6.92 Å². The number of ether oxygens (including phenoxy) is 1. The molecule has 0 radical (unpaired) electrons. The van der Waals surface area contributed by atoms with Gasteiger partial charge in [0, 0.05) is 11.9 Å². The molecule has 0 spiro atoms. The molecule has 0 aromatic carbocycles. The molecule has 0 bridgehead atoms. The molecule has 3 rings (SSSR count). The zero-order valence-corrected chi connectivity index (χ0v) is 11.6. The fourth-order valence-corrected chi connectivity index (χ4v) is 2.57. The molecule has 6 nitrogen and oxygen atoms in total. The molecule has 0 amide bonds. The number of morpholine rings is 1. The van der Waals surface area contributed by atoms with Crippen molar-refractivity contribution in [3.8, 4) is 0 Å². The highest BCUT2D eigenvalue weighted by atomic mass is 79.9. The Bertz CT molecular complexity index is 545. The van der Waals surface area contributed by atoms with E-state index in [9.17, 15) is 0 Å². The van der Waals surface area contributed by atoms with Crippen LogP contribution < -0.4 is 4.90 Å². The average molecular weight is 312 g/mol. The van der Waals surface area contributed by atoms with Crippen LogP contribution in [0.3, 0.4) is 0 Å². The van der Waals surface area contributed by atoms with Gasteiger partial charge in [-0.1, -0.05) is 15.9 Å². The third-order valence-corrected chi connectivity index (χ3v) is 3.87. The van der Waals surface area contributed by atoms with Gasteiger partial charge in [0.05, 0.1) is 25.1 Å². The molecule has 1 N–H and O–H groups in total. The summed E-state index contributed by atoms with van der Waals surface area (Å²) < 4.78 is 5.73. The van der Waals surface area contributed by atoms with Crippen LogP contribution >= 0.6 is 15.9 Å². The molecule has 0 saturated carbocycles. The molecule has 1 aliphatic rings. The van der Waals surface area contributed by atoms with Gasteiger partial charge < -0.3 is 14.6 Å². The Kier molecular flexibility index (Phi) is 3.17. The van der Waals surface area contributed by atoms with E-state index in [0.717, 1.165) is 23.2 Å². The second-order valence-electron chi connectivity index (χ2n) is 4.41. The van der Waals surface area contributed by atoms with E-state index in [-0.39, 0.29) is 6.10 Å². The molecule has 1 fully saturated rings. The van der Waals surface area contributed by atoms with Crippen LogP contribution in [0.2, 0.25) is 0 Å². The number of aromatic nitrogens is 4. The first-order valence-electron chi connectivity index (χ1n) is 5.88. The van der Waals surface area contributed by atoms with Crippen molar-refractivity contribution in [2.75, 3.05) is 23.4 Å². The van der Waals surface area contributed by atoms with E-state index in [1.54, 1.807) is 12.7 Å². The smallest absolute Gasteiger partial charge is 0.182 e. The minimum absolute atomic E-state index is 0.189. The Morgan fingerprint density at radius 1 is 1.50 bits per heavy atom. The summed E-state index contributed by atoms with van der Waals surface area (Å²) >= 11 is 3.47. The zero-order valence-electron chi connectivity index (χ0n) is 10.0. The van der Waals surface area contributed by atoms with E-state index >= 15 is 0 Å². The van der Waals surface area contributed by atoms with Crippen molar-refractivity contribution in [3.05, 3.63) is 12.7 Å². The standard InChI is InChI=1S/C11H14BrN5O/c1-7-4-18-8(2-12)3-17(7)11-9-10(14-5-13-9)15-6-16-11/h5-8H,2-4H2,1H3,(H,13,14,15,16). The lowest BCUT2D eigenvalue weighted by atomic mass is 10.2.